The minimum absolute atomic E-state index is 0.289. The summed E-state index contributed by atoms with van der Waals surface area (Å²) in [5.41, 5.74) is 1.20. The molecule has 5 nitrogen and oxygen atoms in total. The van der Waals surface area contributed by atoms with Gasteiger partial charge in [-0.15, -0.1) is 0 Å². The van der Waals surface area contributed by atoms with Crippen LogP contribution in [0.4, 0.5) is 0 Å². The van der Waals surface area contributed by atoms with Crippen molar-refractivity contribution in [2.24, 2.45) is 0 Å². The third kappa shape index (κ3) is 1.97. The number of nitrogens with zero attached hydrogens (tertiary/aromatic N) is 3. The first-order chi connectivity index (χ1) is 9.70. The summed E-state index contributed by atoms with van der Waals surface area (Å²) >= 11 is 0. The van der Waals surface area contributed by atoms with Crippen LogP contribution in [-0.2, 0) is 13.1 Å². The molecule has 0 fully saturated rings. The minimum atomic E-state index is -0.921. The second-order valence-corrected chi connectivity index (χ2v) is 4.61. The molecule has 2 heterocycles. The number of carboxylic acid groups (broad SMARTS) is 1. The summed E-state index contributed by atoms with van der Waals surface area (Å²) in [5.74, 6) is -0.0628. The van der Waals surface area contributed by atoms with Gasteiger partial charge in [0.15, 0.2) is 0 Å². The molecule has 0 saturated carbocycles. The van der Waals surface area contributed by atoms with Crippen LogP contribution in [0.3, 0.4) is 0 Å². The zero-order chi connectivity index (χ0) is 14.1. The lowest BCUT2D eigenvalue weighted by Gasteiger charge is -2.09. The number of rotatable bonds is 4. The minimum Gasteiger partial charge on any atom is -0.477 e. The molecule has 3 aromatic rings. The van der Waals surface area contributed by atoms with Gasteiger partial charge in [0.05, 0.1) is 6.54 Å². The number of benzene rings is 1. The van der Waals surface area contributed by atoms with Crippen molar-refractivity contribution < 1.29 is 9.90 Å². The highest BCUT2D eigenvalue weighted by Crippen LogP contribution is 2.21. The number of aromatic nitrogens is 3. The molecule has 0 radical (unpaired) electrons. The maximum Gasteiger partial charge on any atom is 0.352 e. The molecular formula is C15H15N3O2. The molecule has 0 amide bonds. The summed E-state index contributed by atoms with van der Waals surface area (Å²) in [6.45, 7) is 3.31. The lowest BCUT2D eigenvalue weighted by molar-refractivity contribution is 0.0686. The fourth-order valence-electron chi connectivity index (χ4n) is 2.48. The van der Waals surface area contributed by atoms with Gasteiger partial charge < -0.3 is 14.2 Å². The molecule has 0 spiro atoms. The third-order valence-electron chi connectivity index (χ3n) is 3.47. The van der Waals surface area contributed by atoms with E-state index in [0.29, 0.717) is 6.54 Å². The Balaban J connectivity index is 2.14. The van der Waals surface area contributed by atoms with Gasteiger partial charge in [0, 0.05) is 29.8 Å². The molecule has 0 unspecified atom stereocenters. The highest BCUT2D eigenvalue weighted by molar-refractivity contribution is 5.94. The number of aryl methyl sites for hydroxylation is 1. The first-order valence-electron chi connectivity index (χ1n) is 6.52. The van der Waals surface area contributed by atoms with E-state index in [2.05, 4.69) is 4.98 Å². The molecule has 0 aliphatic carbocycles. The lowest BCUT2D eigenvalue weighted by Crippen LogP contribution is -2.12. The number of fused-ring (bicyclic) bond motifs is 1. The van der Waals surface area contributed by atoms with Crippen molar-refractivity contribution in [1.29, 1.82) is 0 Å². The molecule has 3 rings (SSSR count). The lowest BCUT2D eigenvalue weighted by atomic mass is 10.2. The van der Waals surface area contributed by atoms with Crippen LogP contribution in [0.2, 0.25) is 0 Å². The molecule has 20 heavy (non-hydrogen) atoms. The SMILES string of the molecule is CCn1ccnc1Cn1c(C(=O)O)cc2ccccc21. The molecule has 1 N–H and O–H groups in total. The molecule has 0 saturated heterocycles. The maximum atomic E-state index is 11.4. The highest BCUT2D eigenvalue weighted by Gasteiger charge is 2.15. The van der Waals surface area contributed by atoms with Gasteiger partial charge in [-0.05, 0) is 19.1 Å². The molecule has 0 aliphatic rings. The molecular weight excluding hydrogens is 254 g/mol. The van der Waals surface area contributed by atoms with Gasteiger partial charge in [0.25, 0.3) is 0 Å². The van der Waals surface area contributed by atoms with E-state index >= 15 is 0 Å². The van der Waals surface area contributed by atoms with Crippen molar-refractivity contribution in [2.45, 2.75) is 20.0 Å². The van der Waals surface area contributed by atoms with Crippen molar-refractivity contribution in [3.05, 3.63) is 54.2 Å². The van der Waals surface area contributed by atoms with Gasteiger partial charge >= 0.3 is 5.97 Å². The Labute approximate surface area is 116 Å². The Kier molecular flexibility index (Phi) is 3.02. The smallest absolute Gasteiger partial charge is 0.352 e. The molecule has 0 atom stereocenters. The van der Waals surface area contributed by atoms with E-state index in [1.165, 1.54) is 0 Å². The Morgan fingerprint density at radius 2 is 2.15 bits per heavy atom. The second kappa shape index (κ2) is 4.85. The van der Waals surface area contributed by atoms with Crippen LogP contribution in [0.15, 0.2) is 42.7 Å². The standard InChI is InChI=1S/C15H15N3O2/c1-2-17-8-7-16-14(17)10-18-12-6-4-3-5-11(12)9-13(18)15(19)20/h3-9H,2,10H2,1H3,(H,19,20). The number of carbonyl (C=O) groups is 1. The van der Waals surface area contributed by atoms with E-state index in [1.54, 1.807) is 16.8 Å². The topological polar surface area (TPSA) is 60.0 Å². The van der Waals surface area contributed by atoms with Gasteiger partial charge in [0.2, 0.25) is 0 Å². The molecule has 5 heteroatoms. The molecule has 2 aromatic heterocycles. The van der Waals surface area contributed by atoms with Crippen molar-refractivity contribution >= 4 is 16.9 Å². The first kappa shape index (κ1) is 12.5. The van der Waals surface area contributed by atoms with Crippen LogP contribution in [0.5, 0.6) is 0 Å². The Morgan fingerprint density at radius 1 is 1.35 bits per heavy atom. The van der Waals surface area contributed by atoms with E-state index in [9.17, 15) is 9.90 Å². The summed E-state index contributed by atoms with van der Waals surface area (Å²) in [6, 6.07) is 9.38. The maximum absolute atomic E-state index is 11.4. The summed E-state index contributed by atoms with van der Waals surface area (Å²) in [7, 11) is 0. The van der Waals surface area contributed by atoms with E-state index < -0.39 is 5.97 Å². The quantitative estimate of drug-likeness (QED) is 0.792. The predicted octanol–water partition coefficient (Wildman–Crippen LogP) is 2.60. The van der Waals surface area contributed by atoms with Crippen molar-refractivity contribution in [2.75, 3.05) is 0 Å². The Hall–Kier alpha value is -2.56. The van der Waals surface area contributed by atoms with Crippen LogP contribution in [0.1, 0.15) is 23.2 Å². The van der Waals surface area contributed by atoms with Gasteiger partial charge in [-0.1, -0.05) is 18.2 Å². The van der Waals surface area contributed by atoms with Crippen LogP contribution >= 0.6 is 0 Å². The van der Waals surface area contributed by atoms with Crippen molar-refractivity contribution in [3.63, 3.8) is 0 Å². The van der Waals surface area contributed by atoms with E-state index in [0.717, 1.165) is 23.3 Å². The monoisotopic (exact) mass is 269 g/mol. The molecule has 0 aliphatic heterocycles. The number of para-hydroxylation sites is 1. The summed E-state index contributed by atoms with van der Waals surface area (Å²) in [5, 5.41) is 10.3. The number of hydrogen-bond acceptors (Lipinski definition) is 2. The number of carboxylic acids is 1. The van der Waals surface area contributed by atoms with Gasteiger partial charge in [-0.3, -0.25) is 0 Å². The number of aromatic carboxylic acids is 1. The van der Waals surface area contributed by atoms with Gasteiger partial charge in [-0.2, -0.15) is 0 Å². The van der Waals surface area contributed by atoms with Crippen LogP contribution in [-0.4, -0.2) is 25.2 Å². The largest absolute Gasteiger partial charge is 0.477 e. The summed E-state index contributed by atoms with van der Waals surface area (Å²) in [4.78, 5) is 15.7. The van der Waals surface area contributed by atoms with E-state index in [1.807, 2.05) is 42.0 Å². The second-order valence-electron chi connectivity index (χ2n) is 4.61. The number of hydrogen-bond donors (Lipinski definition) is 1. The molecule has 102 valence electrons. The normalized spacial score (nSPS) is 11.1. The zero-order valence-corrected chi connectivity index (χ0v) is 11.2. The fraction of sp³-hybridized carbons (Fsp3) is 0.200. The first-order valence-corrected chi connectivity index (χ1v) is 6.52. The highest BCUT2D eigenvalue weighted by atomic mass is 16.4. The Bertz CT molecular complexity index is 770. The fourth-order valence-corrected chi connectivity index (χ4v) is 2.48. The van der Waals surface area contributed by atoms with Crippen molar-refractivity contribution in [3.8, 4) is 0 Å². The van der Waals surface area contributed by atoms with Crippen molar-refractivity contribution in [1.82, 2.24) is 14.1 Å². The van der Waals surface area contributed by atoms with E-state index in [4.69, 9.17) is 0 Å². The average Bonchev–Trinajstić information content (AvgIpc) is 3.04. The van der Waals surface area contributed by atoms with Crippen LogP contribution in [0.25, 0.3) is 10.9 Å². The molecule has 0 bridgehead atoms. The molecule has 1 aromatic carbocycles. The van der Waals surface area contributed by atoms with Gasteiger partial charge in [-0.25, -0.2) is 9.78 Å². The summed E-state index contributed by atoms with van der Waals surface area (Å²) < 4.78 is 3.81. The predicted molar refractivity (Wildman–Crippen MR) is 75.9 cm³/mol. The Morgan fingerprint density at radius 3 is 2.90 bits per heavy atom. The summed E-state index contributed by atoms with van der Waals surface area (Å²) in [6.07, 6.45) is 3.65. The van der Waals surface area contributed by atoms with E-state index in [-0.39, 0.29) is 5.69 Å². The zero-order valence-electron chi connectivity index (χ0n) is 11.2. The van der Waals surface area contributed by atoms with Crippen LogP contribution < -0.4 is 0 Å². The van der Waals surface area contributed by atoms with Crippen LogP contribution in [0, 0.1) is 0 Å². The number of imidazole rings is 1. The third-order valence-corrected chi connectivity index (χ3v) is 3.47. The average molecular weight is 269 g/mol. The van der Waals surface area contributed by atoms with Gasteiger partial charge in [0.1, 0.15) is 11.5 Å².